The molecule has 2 N–H and O–H groups in total. The van der Waals surface area contributed by atoms with Gasteiger partial charge < -0.3 is 10.2 Å². The van der Waals surface area contributed by atoms with Crippen molar-refractivity contribution in [1.82, 2.24) is 0 Å². The molecule has 86 valence electrons. The van der Waals surface area contributed by atoms with Crippen LogP contribution >= 0.6 is 15.9 Å². The van der Waals surface area contributed by atoms with E-state index in [1.165, 1.54) is 6.07 Å². The van der Waals surface area contributed by atoms with Gasteiger partial charge in [0.1, 0.15) is 5.82 Å². The highest BCUT2D eigenvalue weighted by atomic mass is 79.9. The average molecular weight is 289 g/mol. The van der Waals surface area contributed by atoms with E-state index in [9.17, 15) is 14.3 Å². The van der Waals surface area contributed by atoms with Crippen LogP contribution in [0.5, 0.6) is 0 Å². The van der Waals surface area contributed by atoms with Crippen molar-refractivity contribution in [3.05, 3.63) is 34.1 Å². The van der Waals surface area contributed by atoms with Crippen LogP contribution in [-0.2, 0) is 10.2 Å². The van der Waals surface area contributed by atoms with Gasteiger partial charge in [0.05, 0.1) is 4.47 Å². The number of benzene rings is 1. The van der Waals surface area contributed by atoms with Gasteiger partial charge in [-0.3, -0.25) is 0 Å². The summed E-state index contributed by atoms with van der Waals surface area (Å²) in [5, 5.41) is 18.4. The topological polar surface area (TPSA) is 57.5 Å². The van der Waals surface area contributed by atoms with E-state index < -0.39 is 23.3 Å². The summed E-state index contributed by atoms with van der Waals surface area (Å²) in [5.41, 5.74) is -0.670. The normalized spacial score (nSPS) is 19.2. The highest BCUT2D eigenvalue weighted by Crippen LogP contribution is 2.52. The zero-order valence-electron chi connectivity index (χ0n) is 8.28. The number of halogens is 2. The number of aliphatic carboxylic acids is 1. The van der Waals surface area contributed by atoms with Crippen LogP contribution in [0.15, 0.2) is 22.7 Å². The molecule has 0 aliphatic heterocycles. The van der Waals surface area contributed by atoms with Crippen molar-refractivity contribution in [2.75, 3.05) is 0 Å². The number of hydrogen-bond acceptors (Lipinski definition) is 2. The van der Waals surface area contributed by atoms with Gasteiger partial charge in [0.15, 0.2) is 6.10 Å². The minimum Gasteiger partial charge on any atom is -0.479 e. The molecule has 1 saturated carbocycles. The van der Waals surface area contributed by atoms with Crippen molar-refractivity contribution >= 4 is 21.9 Å². The first-order valence-corrected chi connectivity index (χ1v) is 5.64. The number of rotatable bonds is 3. The molecule has 1 atom stereocenters. The van der Waals surface area contributed by atoms with Crippen molar-refractivity contribution in [3.63, 3.8) is 0 Å². The maximum atomic E-state index is 13.8. The third-order valence-electron chi connectivity index (χ3n) is 3.03. The van der Waals surface area contributed by atoms with Gasteiger partial charge in [-0.05, 0) is 40.4 Å². The Morgan fingerprint density at radius 3 is 2.62 bits per heavy atom. The molecule has 1 aliphatic carbocycles. The summed E-state index contributed by atoms with van der Waals surface area (Å²) in [5.74, 6) is -1.79. The zero-order chi connectivity index (χ0) is 11.9. The summed E-state index contributed by atoms with van der Waals surface area (Å²) in [6.07, 6.45) is -0.557. The molecule has 0 heterocycles. The Labute approximate surface area is 100 Å². The minimum atomic E-state index is -1.55. The van der Waals surface area contributed by atoms with Crippen LogP contribution in [0.4, 0.5) is 4.39 Å². The summed E-state index contributed by atoms with van der Waals surface area (Å²) in [6, 6.07) is 4.71. The number of carboxylic acid groups (broad SMARTS) is 1. The molecule has 1 aromatic carbocycles. The van der Waals surface area contributed by atoms with Crippen LogP contribution in [0.3, 0.4) is 0 Å². The molecular weight excluding hydrogens is 279 g/mol. The monoisotopic (exact) mass is 288 g/mol. The Hall–Kier alpha value is -0.940. The van der Waals surface area contributed by atoms with Crippen LogP contribution in [0.1, 0.15) is 18.4 Å². The average Bonchev–Trinajstić information content (AvgIpc) is 3.02. The lowest BCUT2D eigenvalue weighted by atomic mass is 9.89. The van der Waals surface area contributed by atoms with E-state index in [4.69, 9.17) is 5.11 Å². The van der Waals surface area contributed by atoms with E-state index in [1.807, 2.05) is 0 Å². The number of aliphatic hydroxyl groups excluding tert-OH is 1. The van der Waals surface area contributed by atoms with E-state index in [-0.39, 0.29) is 10.0 Å². The van der Waals surface area contributed by atoms with Crippen molar-refractivity contribution in [2.45, 2.75) is 24.4 Å². The Kier molecular flexibility index (Phi) is 2.75. The molecule has 0 aromatic heterocycles. The SMILES string of the molecule is O=C(O)C(O)C1(c2cccc(Br)c2F)CC1. The molecule has 5 heteroatoms. The Balaban J connectivity index is 2.45. The van der Waals surface area contributed by atoms with Crippen molar-refractivity contribution in [2.24, 2.45) is 0 Å². The van der Waals surface area contributed by atoms with Crippen molar-refractivity contribution < 1.29 is 19.4 Å². The van der Waals surface area contributed by atoms with Crippen molar-refractivity contribution in [1.29, 1.82) is 0 Å². The Morgan fingerprint density at radius 1 is 1.50 bits per heavy atom. The third kappa shape index (κ3) is 1.64. The fraction of sp³-hybridized carbons (Fsp3) is 0.364. The Morgan fingerprint density at radius 2 is 2.12 bits per heavy atom. The third-order valence-corrected chi connectivity index (χ3v) is 3.65. The summed E-state index contributed by atoms with van der Waals surface area (Å²) in [7, 11) is 0. The van der Waals surface area contributed by atoms with Gasteiger partial charge in [-0.2, -0.15) is 0 Å². The summed E-state index contributed by atoms with van der Waals surface area (Å²) in [6.45, 7) is 0. The molecule has 2 rings (SSSR count). The van der Waals surface area contributed by atoms with Crippen LogP contribution in [-0.4, -0.2) is 22.3 Å². The molecule has 0 radical (unpaired) electrons. The van der Waals surface area contributed by atoms with E-state index in [2.05, 4.69) is 15.9 Å². The van der Waals surface area contributed by atoms with E-state index >= 15 is 0 Å². The Bertz CT molecular complexity index is 443. The summed E-state index contributed by atoms with van der Waals surface area (Å²) < 4.78 is 14.1. The maximum absolute atomic E-state index is 13.8. The highest BCUT2D eigenvalue weighted by molar-refractivity contribution is 9.10. The lowest BCUT2D eigenvalue weighted by molar-refractivity contribution is -0.148. The molecule has 1 aliphatic rings. The van der Waals surface area contributed by atoms with Gasteiger partial charge in [-0.1, -0.05) is 12.1 Å². The molecule has 0 spiro atoms. The van der Waals surface area contributed by atoms with Crippen LogP contribution in [0.2, 0.25) is 0 Å². The number of hydrogen-bond donors (Lipinski definition) is 2. The number of carbonyl (C=O) groups is 1. The first kappa shape index (κ1) is 11.5. The predicted octanol–water partition coefficient (Wildman–Crippen LogP) is 2.07. The second-order valence-electron chi connectivity index (χ2n) is 4.00. The summed E-state index contributed by atoms with van der Waals surface area (Å²) in [4.78, 5) is 10.8. The van der Waals surface area contributed by atoms with Gasteiger partial charge in [0, 0.05) is 5.41 Å². The fourth-order valence-electron chi connectivity index (χ4n) is 1.95. The first-order chi connectivity index (χ1) is 7.49. The van der Waals surface area contributed by atoms with Gasteiger partial charge in [-0.15, -0.1) is 0 Å². The zero-order valence-corrected chi connectivity index (χ0v) is 9.87. The number of aliphatic hydroxyl groups is 1. The lowest BCUT2D eigenvalue weighted by Gasteiger charge is -2.20. The van der Waals surface area contributed by atoms with Gasteiger partial charge >= 0.3 is 5.97 Å². The van der Waals surface area contributed by atoms with E-state index in [0.717, 1.165) is 0 Å². The van der Waals surface area contributed by atoms with Crippen LogP contribution < -0.4 is 0 Å². The first-order valence-electron chi connectivity index (χ1n) is 4.84. The molecule has 0 amide bonds. The molecule has 16 heavy (non-hydrogen) atoms. The van der Waals surface area contributed by atoms with Gasteiger partial charge in [0.25, 0.3) is 0 Å². The van der Waals surface area contributed by atoms with Gasteiger partial charge in [-0.25, -0.2) is 9.18 Å². The molecule has 1 fully saturated rings. The second kappa shape index (κ2) is 3.82. The summed E-state index contributed by atoms with van der Waals surface area (Å²) >= 11 is 3.05. The highest BCUT2D eigenvalue weighted by Gasteiger charge is 2.54. The van der Waals surface area contributed by atoms with Crippen LogP contribution in [0.25, 0.3) is 0 Å². The molecule has 3 nitrogen and oxygen atoms in total. The van der Waals surface area contributed by atoms with Crippen LogP contribution in [0, 0.1) is 5.82 Å². The van der Waals surface area contributed by atoms with Gasteiger partial charge in [0.2, 0.25) is 0 Å². The van der Waals surface area contributed by atoms with Crippen molar-refractivity contribution in [3.8, 4) is 0 Å². The lowest BCUT2D eigenvalue weighted by Crippen LogP contribution is -2.34. The smallest absolute Gasteiger partial charge is 0.333 e. The standard InChI is InChI=1S/C11H10BrFO3/c12-7-3-1-2-6(8(7)13)11(4-5-11)9(14)10(15)16/h1-3,9,14H,4-5H2,(H,15,16). The molecule has 1 aromatic rings. The quantitative estimate of drug-likeness (QED) is 0.895. The number of carboxylic acids is 1. The minimum absolute atomic E-state index is 0.275. The predicted molar refractivity (Wildman–Crippen MR) is 58.7 cm³/mol. The molecule has 0 saturated heterocycles. The van der Waals surface area contributed by atoms with E-state index in [0.29, 0.717) is 12.8 Å². The fourth-order valence-corrected chi connectivity index (χ4v) is 2.32. The molecule has 1 unspecified atom stereocenters. The van der Waals surface area contributed by atoms with E-state index in [1.54, 1.807) is 12.1 Å². The molecular formula is C11H10BrFO3. The molecule has 0 bridgehead atoms. The maximum Gasteiger partial charge on any atom is 0.333 e. The largest absolute Gasteiger partial charge is 0.479 e. The second-order valence-corrected chi connectivity index (χ2v) is 4.85.